The molecule has 0 saturated heterocycles. The fourth-order valence-corrected chi connectivity index (χ4v) is 3.39. The smallest absolute Gasteiger partial charge is 0.244 e. The average molecular weight is 266 g/mol. The van der Waals surface area contributed by atoms with E-state index in [1.54, 1.807) is 11.3 Å². The molecule has 1 aromatic heterocycles. The van der Waals surface area contributed by atoms with Crippen LogP contribution < -0.4 is 5.73 Å². The molecular weight excluding hydrogens is 244 g/mol. The van der Waals surface area contributed by atoms with Crippen LogP contribution in [0, 0.1) is 5.92 Å². The van der Waals surface area contributed by atoms with Crippen LogP contribution >= 0.6 is 11.3 Å². The van der Waals surface area contributed by atoms with E-state index in [4.69, 9.17) is 5.73 Å². The monoisotopic (exact) mass is 266 g/mol. The predicted molar refractivity (Wildman–Crippen MR) is 75.5 cm³/mol. The standard InChI is InChI=1S/C14H22N2OS/c1-16(10-11-6-3-2-4-7-11)14(17)13(15)12-8-5-9-18-12/h5,8-9,11,13H,2-4,6-7,10,15H2,1H3. The first-order valence-corrected chi connectivity index (χ1v) is 7.60. The lowest BCUT2D eigenvalue weighted by atomic mass is 9.89. The minimum atomic E-state index is -0.487. The summed E-state index contributed by atoms with van der Waals surface area (Å²) in [6.07, 6.45) is 6.48. The number of carbonyl (C=O) groups excluding carboxylic acids is 1. The highest BCUT2D eigenvalue weighted by atomic mass is 32.1. The van der Waals surface area contributed by atoms with E-state index in [0.717, 1.165) is 11.4 Å². The molecule has 1 saturated carbocycles. The van der Waals surface area contributed by atoms with Crippen LogP contribution in [-0.2, 0) is 4.79 Å². The molecule has 2 N–H and O–H groups in total. The zero-order valence-electron chi connectivity index (χ0n) is 11.0. The Hall–Kier alpha value is -0.870. The van der Waals surface area contributed by atoms with E-state index in [-0.39, 0.29) is 5.91 Å². The van der Waals surface area contributed by atoms with Gasteiger partial charge >= 0.3 is 0 Å². The maximum Gasteiger partial charge on any atom is 0.244 e. The van der Waals surface area contributed by atoms with Crippen molar-refractivity contribution in [2.24, 2.45) is 11.7 Å². The Morgan fingerprint density at radius 3 is 2.83 bits per heavy atom. The van der Waals surface area contributed by atoms with Crippen LogP contribution in [0.2, 0.25) is 0 Å². The number of thiophene rings is 1. The molecule has 2 rings (SSSR count). The molecule has 1 amide bonds. The van der Waals surface area contributed by atoms with Crippen LogP contribution in [0.4, 0.5) is 0 Å². The van der Waals surface area contributed by atoms with Gasteiger partial charge < -0.3 is 10.6 Å². The number of nitrogens with two attached hydrogens (primary N) is 1. The van der Waals surface area contributed by atoms with Crippen LogP contribution in [-0.4, -0.2) is 24.4 Å². The zero-order valence-corrected chi connectivity index (χ0v) is 11.8. The Morgan fingerprint density at radius 1 is 1.50 bits per heavy atom. The number of rotatable bonds is 4. The summed E-state index contributed by atoms with van der Waals surface area (Å²) in [4.78, 5) is 15.0. The molecule has 0 radical (unpaired) electrons. The molecule has 0 aromatic carbocycles. The first-order chi connectivity index (χ1) is 8.68. The van der Waals surface area contributed by atoms with Crippen molar-refractivity contribution in [3.8, 4) is 0 Å². The third-order valence-electron chi connectivity index (χ3n) is 3.75. The number of hydrogen-bond donors (Lipinski definition) is 1. The van der Waals surface area contributed by atoms with Gasteiger partial charge in [0.15, 0.2) is 0 Å². The number of amides is 1. The minimum Gasteiger partial charge on any atom is -0.344 e. The van der Waals surface area contributed by atoms with E-state index < -0.39 is 6.04 Å². The van der Waals surface area contributed by atoms with Gasteiger partial charge in [-0.3, -0.25) is 4.79 Å². The lowest BCUT2D eigenvalue weighted by Crippen LogP contribution is -2.38. The van der Waals surface area contributed by atoms with Gasteiger partial charge in [-0.05, 0) is 30.2 Å². The topological polar surface area (TPSA) is 46.3 Å². The highest BCUT2D eigenvalue weighted by Gasteiger charge is 2.23. The largest absolute Gasteiger partial charge is 0.344 e. The van der Waals surface area contributed by atoms with Crippen molar-refractivity contribution in [3.05, 3.63) is 22.4 Å². The number of hydrogen-bond acceptors (Lipinski definition) is 3. The van der Waals surface area contributed by atoms with E-state index in [0.29, 0.717) is 5.92 Å². The van der Waals surface area contributed by atoms with E-state index >= 15 is 0 Å². The summed E-state index contributed by atoms with van der Waals surface area (Å²) < 4.78 is 0. The summed E-state index contributed by atoms with van der Waals surface area (Å²) in [5.74, 6) is 0.714. The third-order valence-corrected chi connectivity index (χ3v) is 4.70. The summed E-state index contributed by atoms with van der Waals surface area (Å²) in [6, 6.07) is 3.38. The molecule has 1 aliphatic carbocycles. The molecule has 1 heterocycles. The number of carbonyl (C=O) groups is 1. The van der Waals surface area contributed by atoms with Crippen LogP contribution in [0.5, 0.6) is 0 Å². The fourth-order valence-electron chi connectivity index (χ4n) is 2.67. The van der Waals surface area contributed by atoms with Gasteiger partial charge in [0.05, 0.1) is 0 Å². The van der Waals surface area contributed by atoms with Crippen molar-refractivity contribution >= 4 is 17.2 Å². The molecule has 1 aliphatic rings. The highest BCUT2D eigenvalue weighted by Crippen LogP contribution is 2.25. The Morgan fingerprint density at radius 2 is 2.22 bits per heavy atom. The average Bonchev–Trinajstić information content (AvgIpc) is 2.92. The van der Waals surface area contributed by atoms with E-state index in [2.05, 4.69) is 0 Å². The van der Waals surface area contributed by atoms with Crippen molar-refractivity contribution in [2.45, 2.75) is 38.1 Å². The number of nitrogens with zero attached hydrogens (tertiary/aromatic N) is 1. The van der Waals surface area contributed by atoms with Crippen molar-refractivity contribution in [1.82, 2.24) is 4.90 Å². The minimum absolute atomic E-state index is 0.0445. The first-order valence-electron chi connectivity index (χ1n) is 6.72. The second-order valence-corrected chi connectivity index (χ2v) is 6.20. The van der Waals surface area contributed by atoms with Gasteiger partial charge in [0.25, 0.3) is 0 Å². The van der Waals surface area contributed by atoms with Crippen molar-refractivity contribution < 1.29 is 4.79 Å². The van der Waals surface area contributed by atoms with Crippen LogP contribution in [0.25, 0.3) is 0 Å². The van der Waals surface area contributed by atoms with Crippen LogP contribution in [0.15, 0.2) is 17.5 Å². The van der Waals surface area contributed by atoms with Gasteiger partial charge in [-0.15, -0.1) is 11.3 Å². The predicted octanol–water partition coefficient (Wildman–Crippen LogP) is 2.79. The summed E-state index contributed by atoms with van der Waals surface area (Å²) >= 11 is 1.55. The van der Waals surface area contributed by atoms with Crippen LogP contribution in [0.1, 0.15) is 43.0 Å². The van der Waals surface area contributed by atoms with E-state index in [9.17, 15) is 4.79 Å². The molecule has 0 spiro atoms. The molecule has 3 nitrogen and oxygen atoms in total. The third kappa shape index (κ3) is 3.33. The van der Waals surface area contributed by atoms with Gasteiger partial charge in [-0.2, -0.15) is 0 Å². The molecule has 1 fully saturated rings. The molecule has 4 heteroatoms. The quantitative estimate of drug-likeness (QED) is 0.911. The molecule has 1 atom stereocenters. The summed E-state index contributed by atoms with van der Waals surface area (Å²) in [6.45, 7) is 0.859. The Labute approximate surface area is 113 Å². The Bertz CT molecular complexity index is 371. The zero-order chi connectivity index (χ0) is 13.0. The maximum atomic E-state index is 12.2. The second kappa shape index (κ2) is 6.34. The van der Waals surface area contributed by atoms with E-state index in [1.807, 2.05) is 29.5 Å². The van der Waals surface area contributed by atoms with Gasteiger partial charge in [0.2, 0.25) is 5.91 Å². The second-order valence-electron chi connectivity index (χ2n) is 5.22. The van der Waals surface area contributed by atoms with Gasteiger partial charge in [-0.25, -0.2) is 0 Å². The Balaban J connectivity index is 1.87. The maximum absolute atomic E-state index is 12.2. The summed E-state index contributed by atoms with van der Waals surface area (Å²) in [7, 11) is 1.88. The van der Waals surface area contributed by atoms with E-state index in [1.165, 1.54) is 32.1 Å². The summed E-state index contributed by atoms with van der Waals surface area (Å²) in [5, 5.41) is 1.96. The lowest BCUT2D eigenvalue weighted by Gasteiger charge is -2.28. The van der Waals surface area contributed by atoms with Gasteiger partial charge in [0.1, 0.15) is 6.04 Å². The number of likely N-dealkylation sites (N-methyl/N-ethyl adjacent to an activating group) is 1. The molecular formula is C14H22N2OS. The van der Waals surface area contributed by atoms with Crippen molar-refractivity contribution in [1.29, 1.82) is 0 Å². The van der Waals surface area contributed by atoms with Crippen molar-refractivity contribution in [2.75, 3.05) is 13.6 Å². The highest BCUT2D eigenvalue weighted by molar-refractivity contribution is 7.10. The normalized spacial score (nSPS) is 18.6. The molecule has 0 bridgehead atoms. The molecule has 18 heavy (non-hydrogen) atoms. The van der Waals surface area contributed by atoms with Crippen molar-refractivity contribution in [3.63, 3.8) is 0 Å². The van der Waals surface area contributed by atoms with Gasteiger partial charge in [-0.1, -0.05) is 25.3 Å². The van der Waals surface area contributed by atoms with Gasteiger partial charge in [0, 0.05) is 18.5 Å². The summed E-state index contributed by atoms with van der Waals surface area (Å²) in [5.41, 5.74) is 6.01. The lowest BCUT2D eigenvalue weighted by molar-refractivity contribution is -0.132. The Kier molecular flexibility index (Phi) is 4.78. The van der Waals surface area contributed by atoms with Crippen LogP contribution in [0.3, 0.4) is 0 Å². The first kappa shape index (κ1) is 13.6. The molecule has 1 unspecified atom stereocenters. The molecule has 1 aromatic rings. The molecule has 100 valence electrons. The molecule has 0 aliphatic heterocycles. The SMILES string of the molecule is CN(CC1CCCCC1)C(=O)C(N)c1cccs1. The fraction of sp³-hybridized carbons (Fsp3) is 0.643.